The zero-order chi connectivity index (χ0) is 42.7. The van der Waals surface area contributed by atoms with E-state index < -0.39 is 108 Å². The summed E-state index contributed by atoms with van der Waals surface area (Å²) in [6.45, 7) is 4.63. The normalized spacial score (nSPS) is 28.5. The van der Waals surface area contributed by atoms with E-state index in [1.807, 2.05) is 6.92 Å². The number of esters is 1. The number of urea groups is 1. The molecule has 0 saturated carbocycles. The Morgan fingerprint density at radius 2 is 1.59 bits per heavy atom. The van der Waals surface area contributed by atoms with Gasteiger partial charge in [-0.05, 0) is 75.3 Å². The minimum Gasteiger partial charge on any atom is -0.458 e. The number of hydrogen-bond donors (Lipinski definition) is 5. The molecule has 0 bridgehead atoms. The number of aliphatic hydroxyl groups is 1. The van der Waals surface area contributed by atoms with Crippen molar-refractivity contribution in [2.45, 2.75) is 108 Å². The summed E-state index contributed by atoms with van der Waals surface area (Å²) in [6, 6.07) is 0.000113. The molecular weight excluding hydrogens is 796 g/mol. The lowest BCUT2D eigenvalue weighted by atomic mass is 9.98. The second kappa shape index (κ2) is 18.3. The molecule has 6 rings (SSSR count). The Morgan fingerprint density at radius 1 is 0.898 bits per heavy atom. The van der Waals surface area contributed by atoms with E-state index in [2.05, 4.69) is 21.3 Å². The van der Waals surface area contributed by atoms with Crippen molar-refractivity contribution in [3.8, 4) is 0 Å². The predicted molar refractivity (Wildman–Crippen MR) is 207 cm³/mol. The van der Waals surface area contributed by atoms with Gasteiger partial charge in [-0.15, -0.1) is 0 Å². The van der Waals surface area contributed by atoms with E-state index in [1.165, 1.54) is 35.8 Å². The van der Waals surface area contributed by atoms with E-state index in [4.69, 9.17) is 16.3 Å². The number of aliphatic hydroxyl groups excluding tert-OH is 1. The number of carbonyl (C=O) groups excluding carboxylic acids is 7. The molecule has 0 aliphatic carbocycles. The van der Waals surface area contributed by atoms with Crippen LogP contribution >= 0.6 is 11.6 Å². The highest BCUT2D eigenvalue weighted by molar-refractivity contribution is 6.33. The van der Waals surface area contributed by atoms with E-state index in [0.29, 0.717) is 18.9 Å². The monoisotopic (exact) mass is 843 g/mol. The molecule has 0 spiro atoms. The third-order valence-corrected chi connectivity index (χ3v) is 11.5. The van der Waals surface area contributed by atoms with Gasteiger partial charge in [0.15, 0.2) is 0 Å². The molecule has 5 N–H and O–H groups in total. The maximum absolute atomic E-state index is 14.7. The molecule has 0 aromatic heterocycles. The summed E-state index contributed by atoms with van der Waals surface area (Å²) in [7, 11) is 0. The molecule has 0 radical (unpaired) electrons. The van der Waals surface area contributed by atoms with Crippen molar-refractivity contribution >= 4 is 58.8 Å². The van der Waals surface area contributed by atoms with Crippen LogP contribution in [0.3, 0.4) is 0 Å². The first-order chi connectivity index (χ1) is 28.0. The lowest BCUT2D eigenvalue weighted by Gasteiger charge is -2.39. The maximum atomic E-state index is 14.7. The maximum Gasteiger partial charge on any atom is 0.329 e. The quantitative estimate of drug-likeness (QED) is 0.269. The fourth-order valence-electron chi connectivity index (χ4n) is 8.28. The fourth-order valence-corrected chi connectivity index (χ4v) is 8.46. The van der Waals surface area contributed by atoms with Gasteiger partial charge in [0, 0.05) is 38.5 Å². The highest BCUT2D eigenvalue weighted by Crippen LogP contribution is 2.29. The fraction of sp³-hybridized carbons (Fsp3) is 0.525. The van der Waals surface area contributed by atoms with Crippen molar-refractivity contribution in [1.82, 2.24) is 30.7 Å². The number of para-hydroxylation sites is 1. The van der Waals surface area contributed by atoms with E-state index in [0.717, 1.165) is 17.0 Å². The first kappa shape index (κ1) is 43.2. The number of ether oxygens (including phenoxy) is 1. The third-order valence-electron chi connectivity index (χ3n) is 11.2. The predicted octanol–water partition coefficient (Wildman–Crippen LogP) is 1.87. The van der Waals surface area contributed by atoms with E-state index >= 15 is 0 Å². The van der Waals surface area contributed by atoms with Crippen LogP contribution in [0.1, 0.15) is 58.4 Å². The second-order valence-electron chi connectivity index (χ2n) is 15.8. The number of rotatable bonds is 6. The average Bonchev–Trinajstić information content (AvgIpc) is 3.78. The molecule has 1 unspecified atom stereocenters. The van der Waals surface area contributed by atoms with Crippen LogP contribution < -0.4 is 21.3 Å². The van der Waals surface area contributed by atoms with E-state index in [1.54, 1.807) is 12.1 Å². The number of benzene rings is 2. The molecule has 4 saturated heterocycles. The molecule has 4 fully saturated rings. The molecular formula is C40H48ClF2N7O9. The lowest BCUT2D eigenvalue weighted by molar-refractivity contribution is -0.163. The zero-order valence-corrected chi connectivity index (χ0v) is 33.5. The average molecular weight is 844 g/mol. The number of nitrogens with one attached hydrogen (secondary N) is 4. The van der Waals surface area contributed by atoms with Crippen molar-refractivity contribution < 1.29 is 52.2 Å². The number of piperidine rings is 1. The molecule has 4 aliphatic rings. The van der Waals surface area contributed by atoms with Gasteiger partial charge < -0.3 is 45.8 Å². The van der Waals surface area contributed by atoms with Gasteiger partial charge >= 0.3 is 12.0 Å². The number of cyclic esters (lactones) is 1. The Kier molecular flexibility index (Phi) is 13.4. The Morgan fingerprint density at radius 3 is 2.31 bits per heavy atom. The number of anilines is 1. The Bertz CT molecular complexity index is 1970. The number of halogens is 3. The molecule has 4 aliphatic heterocycles. The lowest BCUT2D eigenvalue weighted by Crippen LogP contribution is -2.63. The van der Waals surface area contributed by atoms with Gasteiger partial charge in [0.2, 0.25) is 29.5 Å². The summed E-state index contributed by atoms with van der Waals surface area (Å²) < 4.78 is 34.5. The number of nitrogens with zero attached hydrogens (tertiary/aromatic N) is 3. The molecule has 2 aromatic carbocycles. The minimum atomic E-state index is -1.76. The summed E-state index contributed by atoms with van der Waals surface area (Å²) in [4.78, 5) is 102. The number of hydrogen-bond acceptors (Lipinski definition) is 9. The van der Waals surface area contributed by atoms with Gasteiger partial charge in [0.05, 0.1) is 16.8 Å². The van der Waals surface area contributed by atoms with Gasteiger partial charge in [-0.3, -0.25) is 24.0 Å². The number of carbonyl (C=O) groups is 7. The highest BCUT2D eigenvalue weighted by atomic mass is 35.5. The van der Waals surface area contributed by atoms with Crippen LogP contribution in [0.15, 0.2) is 42.5 Å². The van der Waals surface area contributed by atoms with Crippen LogP contribution in [0.5, 0.6) is 0 Å². The molecule has 2 aromatic rings. The zero-order valence-electron chi connectivity index (χ0n) is 32.8. The first-order valence-electron chi connectivity index (χ1n) is 19.7. The van der Waals surface area contributed by atoms with Crippen LogP contribution in [-0.4, -0.2) is 129 Å². The van der Waals surface area contributed by atoms with Gasteiger partial charge in [-0.25, -0.2) is 18.4 Å². The highest BCUT2D eigenvalue weighted by Gasteiger charge is 2.49. The van der Waals surface area contributed by atoms with Gasteiger partial charge in [-0.2, -0.15) is 0 Å². The summed E-state index contributed by atoms with van der Waals surface area (Å²) in [5.74, 6) is -6.70. The van der Waals surface area contributed by atoms with Crippen molar-refractivity contribution in [3.63, 3.8) is 0 Å². The molecule has 9 atom stereocenters. The summed E-state index contributed by atoms with van der Waals surface area (Å²) in [5.41, 5.74) is 0.142. The SMILES string of the molecule is C[C@@H]1CC2C(=O)O[C@@H](C)[C@H](NC(=O)[C@H](Cc3cc(F)cc(F)c3)NC(=O)Nc3ccccc3Cl)C(=O)N3C[C@H](O)C[C@H]3C(=O)N3CCCC[C@H]3C(=O)N[C@@H](C)C(=O)N2C1. The number of fused-ring (bicyclic) bond motifs is 3. The van der Waals surface area contributed by atoms with Gasteiger partial charge in [0.25, 0.3) is 0 Å². The van der Waals surface area contributed by atoms with Crippen LogP contribution in [0, 0.1) is 17.6 Å². The van der Waals surface area contributed by atoms with E-state index in [9.17, 15) is 47.4 Å². The molecule has 7 amide bonds. The van der Waals surface area contributed by atoms with Gasteiger partial charge in [-0.1, -0.05) is 30.7 Å². The van der Waals surface area contributed by atoms with Gasteiger partial charge in [0.1, 0.15) is 54.0 Å². The standard InChI is InChI=1S/C40H48ClF2N7O9/c1-20-12-32-39(57)59-22(3)33(47-34(52)29(15-23-13-24(42)16-25(43)14-23)46-40(58)45-28-9-5-4-8-27(28)41)38(56)50-19-26(51)17-31(50)37(55)48-11-7-6-10-30(48)35(53)44-21(2)36(54)49(32)18-20/h4-5,8-9,13-14,16,20-22,26,29-33,51H,6-7,10-12,15,17-19H2,1-3H3,(H,44,53)(H,47,52)(H2,45,46,58)/t20-,21+,22+,26-,29+,30+,31+,32?,33+/m1/s1. The van der Waals surface area contributed by atoms with Crippen molar-refractivity contribution in [3.05, 3.63) is 64.7 Å². The Hall–Kier alpha value is -5.36. The summed E-state index contributed by atoms with van der Waals surface area (Å²) in [5, 5.41) is 21.3. The van der Waals surface area contributed by atoms with Crippen LogP contribution in [-0.2, 0) is 39.9 Å². The topological polar surface area (TPSA) is 207 Å². The molecule has 4 heterocycles. The molecule has 19 heteroatoms. The van der Waals surface area contributed by atoms with Crippen LogP contribution in [0.2, 0.25) is 5.02 Å². The molecule has 59 heavy (non-hydrogen) atoms. The van der Waals surface area contributed by atoms with Crippen molar-refractivity contribution in [1.29, 1.82) is 0 Å². The number of amides is 7. The largest absolute Gasteiger partial charge is 0.458 e. The Labute approximate surface area is 344 Å². The minimum absolute atomic E-state index is 0.0349. The summed E-state index contributed by atoms with van der Waals surface area (Å²) >= 11 is 6.21. The molecule has 318 valence electrons. The molecule has 16 nitrogen and oxygen atoms in total. The van der Waals surface area contributed by atoms with Crippen LogP contribution in [0.4, 0.5) is 19.3 Å². The van der Waals surface area contributed by atoms with Crippen molar-refractivity contribution in [2.24, 2.45) is 5.92 Å². The van der Waals surface area contributed by atoms with E-state index in [-0.39, 0.29) is 61.1 Å². The summed E-state index contributed by atoms with van der Waals surface area (Å²) in [6.07, 6.45) is -1.70. The smallest absolute Gasteiger partial charge is 0.329 e. The Balaban J connectivity index is 1.36. The van der Waals surface area contributed by atoms with Crippen molar-refractivity contribution in [2.75, 3.05) is 25.0 Å². The first-order valence-corrected chi connectivity index (χ1v) is 20.1. The third kappa shape index (κ3) is 9.92. The van der Waals surface area contributed by atoms with Crippen LogP contribution in [0.25, 0.3) is 0 Å². The second-order valence-corrected chi connectivity index (χ2v) is 16.2.